The quantitative estimate of drug-likeness (QED) is 0.590. The minimum atomic E-state index is 0.0146. The summed E-state index contributed by atoms with van der Waals surface area (Å²) in [6.45, 7) is 10.6. The summed E-state index contributed by atoms with van der Waals surface area (Å²) in [5.74, 6) is 1.93. The van der Waals surface area contributed by atoms with Crippen LogP contribution in [-0.4, -0.2) is 30.7 Å². The molecule has 0 aromatic carbocycles. The highest BCUT2D eigenvalue weighted by Gasteiger charge is 2.09. The molecule has 0 unspecified atom stereocenters. The average Bonchev–Trinajstić information content (AvgIpc) is 2.46. The fourth-order valence-electron chi connectivity index (χ4n) is 1.98. The van der Waals surface area contributed by atoms with Crippen molar-refractivity contribution in [3.8, 4) is 0 Å². The van der Waals surface area contributed by atoms with Crippen LogP contribution in [0.15, 0.2) is 22.7 Å². The molecule has 0 amide bonds. The van der Waals surface area contributed by atoms with Crippen molar-refractivity contribution in [2.75, 3.05) is 19.8 Å². The number of aliphatic hydroxyl groups is 1. The third-order valence-corrected chi connectivity index (χ3v) is 3.26. The summed E-state index contributed by atoms with van der Waals surface area (Å²) in [5, 5.41) is 9.22. The van der Waals surface area contributed by atoms with Gasteiger partial charge in [-0.25, -0.2) is 0 Å². The third kappa shape index (κ3) is 8.56. The van der Waals surface area contributed by atoms with Gasteiger partial charge in [0.25, 0.3) is 0 Å². The fourth-order valence-corrected chi connectivity index (χ4v) is 1.98. The predicted octanol–water partition coefficient (Wildman–Crippen LogP) is 3.75. The monoisotopic (exact) mass is 298 g/mol. The lowest BCUT2D eigenvalue weighted by molar-refractivity contribution is -0.117. The molecule has 122 valence electrons. The number of carbonyl (C=O) groups excluding carboxylic acids is 1. The van der Waals surface area contributed by atoms with Gasteiger partial charge in [0.05, 0.1) is 31.3 Å². The highest BCUT2D eigenvalue weighted by atomic mass is 16.5. The molecule has 1 N–H and O–H groups in total. The topological polar surface area (TPSA) is 55.8 Å². The highest BCUT2D eigenvalue weighted by molar-refractivity contribution is 5.75. The largest absolute Gasteiger partial charge is 0.498 e. The van der Waals surface area contributed by atoms with Crippen LogP contribution in [0.1, 0.15) is 60.3 Å². The smallest absolute Gasteiger partial charge is 0.130 e. The molecule has 0 heterocycles. The van der Waals surface area contributed by atoms with Crippen LogP contribution in [-0.2, 0) is 14.3 Å². The predicted molar refractivity (Wildman–Crippen MR) is 84.9 cm³/mol. The van der Waals surface area contributed by atoms with Gasteiger partial charge in [0.2, 0.25) is 0 Å². The summed E-state index contributed by atoms with van der Waals surface area (Å²) in [6, 6.07) is 0. The van der Waals surface area contributed by atoms with Gasteiger partial charge in [0, 0.05) is 19.3 Å². The van der Waals surface area contributed by atoms with Crippen molar-refractivity contribution >= 4 is 5.78 Å². The van der Waals surface area contributed by atoms with E-state index in [1.807, 2.05) is 27.7 Å². The molecule has 4 heteroatoms. The molecular formula is C17H30O4. The first-order chi connectivity index (χ1) is 9.96. The molecule has 0 rings (SSSR count). The maximum absolute atomic E-state index is 11.1. The molecule has 0 aromatic heterocycles. The summed E-state index contributed by atoms with van der Waals surface area (Å²) in [4.78, 5) is 11.1. The number of Topliss-reactive ketones (excluding diaryl/α,β-unsaturated/α-hetero) is 1. The molecule has 0 spiro atoms. The van der Waals surface area contributed by atoms with E-state index in [-0.39, 0.29) is 12.4 Å². The lowest BCUT2D eigenvalue weighted by Gasteiger charge is -2.15. The number of allylic oxidation sites excluding steroid dienone is 3. The van der Waals surface area contributed by atoms with Gasteiger partial charge >= 0.3 is 0 Å². The first-order valence-corrected chi connectivity index (χ1v) is 7.69. The Bertz CT molecular complexity index is 380. The van der Waals surface area contributed by atoms with E-state index in [0.29, 0.717) is 26.1 Å². The Labute approximate surface area is 128 Å². The summed E-state index contributed by atoms with van der Waals surface area (Å²) in [6.07, 6.45) is 2.71. The maximum atomic E-state index is 11.1. The van der Waals surface area contributed by atoms with Crippen molar-refractivity contribution < 1.29 is 19.4 Å². The van der Waals surface area contributed by atoms with Gasteiger partial charge in [-0.2, -0.15) is 0 Å². The Morgan fingerprint density at radius 1 is 0.810 bits per heavy atom. The molecule has 0 atom stereocenters. The van der Waals surface area contributed by atoms with Crippen LogP contribution >= 0.6 is 0 Å². The van der Waals surface area contributed by atoms with E-state index in [1.165, 1.54) is 0 Å². The fraction of sp³-hybridized carbons (Fsp3) is 0.706. The van der Waals surface area contributed by atoms with E-state index in [2.05, 4.69) is 0 Å². The van der Waals surface area contributed by atoms with Crippen LogP contribution < -0.4 is 0 Å². The second-order valence-electron chi connectivity index (χ2n) is 5.13. The van der Waals surface area contributed by atoms with Crippen LogP contribution in [0.5, 0.6) is 0 Å². The normalized spacial score (nSPS) is 13.4. The molecule has 4 nitrogen and oxygen atoms in total. The molecule has 0 bridgehead atoms. The van der Waals surface area contributed by atoms with Crippen molar-refractivity contribution in [1.82, 2.24) is 0 Å². The zero-order chi connectivity index (χ0) is 16.3. The van der Waals surface area contributed by atoms with Gasteiger partial charge in [-0.1, -0.05) is 0 Å². The standard InChI is InChI=1S/C17H30O4/c1-6-20-16(11-9-15(5)19)13(3)8-10-17(21-7-2)14(4)12-18/h18H,6-12H2,1-5H3. The summed E-state index contributed by atoms with van der Waals surface area (Å²) < 4.78 is 11.2. The van der Waals surface area contributed by atoms with E-state index >= 15 is 0 Å². The molecule has 0 saturated carbocycles. The number of rotatable bonds is 11. The molecule has 0 radical (unpaired) electrons. The number of hydrogen-bond donors (Lipinski definition) is 1. The van der Waals surface area contributed by atoms with Gasteiger partial charge in [0.15, 0.2) is 0 Å². The Balaban J connectivity index is 4.80. The molecule has 0 saturated heterocycles. The first kappa shape index (κ1) is 19.7. The molecule has 0 aliphatic rings. The Hall–Kier alpha value is -1.29. The van der Waals surface area contributed by atoms with E-state index in [0.717, 1.165) is 35.5 Å². The van der Waals surface area contributed by atoms with E-state index in [1.54, 1.807) is 6.92 Å². The lowest BCUT2D eigenvalue weighted by Crippen LogP contribution is -2.02. The van der Waals surface area contributed by atoms with Crippen LogP contribution in [0.2, 0.25) is 0 Å². The third-order valence-electron chi connectivity index (χ3n) is 3.26. The Kier molecular flexibility index (Phi) is 10.7. The van der Waals surface area contributed by atoms with Gasteiger partial charge in [-0.05, 0) is 52.2 Å². The summed E-state index contributed by atoms with van der Waals surface area (Å²) in [7, 11) is 0. The molecule has 21 heavy (non-hydrogen) atoms. The van der Waals surface area contributed by atoms with Gasteiger partial charge in [-0.3, -0.25) is 0 Å². The highest BCUT2D eigenvalue weighted by Crippen LogP contribution is 2.21. The van der Waals surface area contributed by atoms with E-state index < -0.39 is 0 Å². The van der Waals surface area contributed by atoms with E-state index in [4.69, 9.17) is 9.47 Å². The maximum Gasteiger partial charge on any atom is 0.130 e. The van der Waals surface area contributed by atoms with Crippen molar-refractivity contribution in [2.45, 2.75) is 60.3 Å². The second kappa shape index (κ2) is 11.4. The van der Waals surface area contributed by atoms with Gasteiger partial charge < -0.3 is 19.4 Å². The Morgan fingerprint density at radius 2 is 1.29 bits per heavy atom. The Morgan fingerprint density at radius 3 is 1.71 bits per heavy atom. The zero-order valence-corrected chi connectivity index (χ0v) is 14.1. The molecular weight excluding hydrogens is 268 g/mol. The lowest BCUT2D eigenvalue weighted by atomic mass is 10.0. The van der Waals surface area contributed by atoms with Crippen molar-refractivity contribution in [3.63, 3.8) is 0 Å². The van der Waals surface area contributed by atoms with Crippen LogP contribution in [0.4, 0.5) is 0 Å². The van der Waals surface area contributed by atoms with Crippen molar-refractivity contribution in [3.05, 3.63) is 22.7 Å². The molecule has 0 aromatic rings. The average molecular weight is 298 g/mol. The minimum absolute atomic E-state index is 0.0146. The second-order valence-corrected chi connectivity index (χ2v) is 5.13. The van der Waals surface area contributed by atoms with Crippen LogP contribution in [0.25, 0.3) is 0 Å². The van der Waals surface area contributed by atoms with Crippen LogP contribution in [0.3, 0.4) is 0 Å². The van der Waals surface area contributed by atoms with E-state index in [9.17, 15) is 9.90 Å². The summed E-state index contributed by atoms with van der Waals surface area (Å²) in [5.41, 5.74) is 2.01. The number of ether oxygens (including phenoxy) is 2. The minimum Gasteiger partial charge on any atom is -0.498 e. The molecule has 0 aliphatic carbocycles. The van der Waals surface area contributed by atoms with Gasteiger partial charge in [0.1, 0.15) is 5.78 Å². The van der Waals surface area contributed by atoms with Gasteiger partial charge in [-0.15, -0.1) is 0 Å². The summed E-state index contributed by atoms with van der Waals surface area (Å²) >= 11 is 0. The van der Waals surface area contributed by atoms with Crippen molar-refractivity contribution in [2.24, 2.45) is 0 Å². The SMILES string of the molecule is CCOC(CCC(C)=C(CCC(C)=O)OCC)=C(C)CO. The zero-order valence-electron chi connectivity index (χ0n) is 14.1. The number of ketones is 1. The number of aliphatic hydroxyl groups excluding tert-OH is 1. The van der Waals surface area contributed by atoms with Crippen LogP contribution in [0, 0.1) is 0 Å². The number of hydrogen-bond acceptors (Lipinski definition) is 4. The first-order valence-electron chi connectivity index (χ1n) is 7.69. The van der Waals surface area contributed by atoms with Crippen molar-refractivity contribution in [1.29, 1.82) is 0 Å². The number of carbonyl (C=O) groups is 1. The molecule has 0 fully saturated rings. The molecule has 0 aliphatic heterocycles.